The summed E-state index contributed by atoms with van der Waals surface area (Å²) in [5, 5.41) is 10.1. The topological polar surface area (TPSA) is 20.2 Å². The molecular formula is C21H36O. The average molecular weight is 305 g/mol. The summed E-state index contributed by atoms with van der Waals surface area (Å²) in [6, 6.07) is 0. The molecule has 1 heteroatoms. The molecule has 0 aliphatic carbocycles. The second-order valence-corrected chi connectivity index (χ2v) is 6.22. The van der Waals surface area contributed by atoms with Crippen molar-refractivity contribution in [3.05, 3.63) is 48.6 Å². The molecule has 0 radical (unpaired) electrons. The van der Waals surface area contributed by atoms with Gasteiger partial charge < -0.3 is 5.11 Å². The van der Waals surface area contributed by atoms with Gasteiger partial charge >= 0.3 is 0 Å². The van der Waals surface area contributed by atoms with E-state index in [-0.39, 0.29) is 0 Å². The van der Waals surface area contributed by atoms with Crippen LogP contribution < -0.4 is 0 Å². The largest absolute Gasteiger partial charge is 0.390 e. The lowest BCUT2D eigenvalue weighted by atomic mass is 9.95. The first-order valence-electron chi connectivity index (χ1n) is 8.96. The Balaban J connectivity index is 3.69. The summed E-state index contributed by atoms with van der Waals surface area (Å²) in [5.41, 5.74) is -0.551. The van der Waals surface area contributed by atoms with Crippen molar-refractivity contribution in [1.29, 1.82) is 0 Å². The molecule has 0 aliphatic heterocycles. The van der Waals surface area contributed by atoms with Crippen LogP contribution in [-0.4, -0.2) is 10.7 Å². The molecule has 0 bridgehead atoms. The van der Waals surface area contributed by atoms with E-state index >= 15 is 0 Å². The highest BCUT2D eigenvalue weighted by Crippen LogP contribution is 2.18. The number of rotatable bonds is 13. The monoisotopic (exact) mass is 304 g/mol. The second-order valence-electron chi connectivity index (χ2n) is 6.22. The zero-order valence-electron chi connectivity index (χ0n) is 14.9. The van der Waals surface area contributed by atoms with Gasteiger partial charge in [0.15, 0.2) is 0 Å². The van der Waals surface area contributed by atoms with Gasteiger partial charge in [-0.25, -0.2) is 0 Å². The van der Waals surface area contributed by atoms with Gasteiger partial charge in [0, 0.05) is 0 Å². The van der Waals surface area contributed by atoms with E-state index < -0.39 is 5.60 Å². The van der Waals surface area contributed by atoms with Crippen LogP contribution in [0.1, 0.15) is 78.6 Å². The van der Waals surface area contributed by atoms with Crippen LogP contribution in [-0.2, 0) is 0 Å². The van der Waals surface area contributed by atoms with Crippen molar-refractivity contribution in [1.82, 2.24) is 0 Å². The van der Waals surface area contributed by atoms with Gasteiger partial charge in [-0.15, -0.1) is 0 Å². The fraction of sp³-hybridized carbons (Fsp3) is 0.619. The smallest absolute Gasteiger partial charge is 0.0654 e. The molecule has 0 spiro atoms. The lowest BCUT2D eigenvalue weighted by molar-refractivity contribution is 0.0517. The molecule has 0 heterocycles. The molecule has 0 rings (SSSR count). The number of aliphatic hydroxyl groups is 1. The minimum absolute atomic E-state index is 0.551. The third-order valence-corrected chi connectivity index (χ3v) is 3.61. The molecule has 0 amide bonds. The zero-order chi connectivity index (χ0) is 16.5. The quantitative estimate of drug-likeness (QED) is 0.233. The minimum atomic E-state index is -0.551. The van der Waals surface area contributed by atoms with E-state index in [0.29, 0.717) is 0 Å². The van der Waals surface area contributed by atoms with Crippen molar-refractivity contribution in [2.75, 3.05) is 0 Å². The molecule has 22 heavy (non-hydrogen) atoms. The van der Waals surface area contributed by atoms with Crippen molar-refractivity contribution in [2.24, 2.45) is 0 Å². The van der Waals surface area contributed by atoms with Gasteiger partial charge in [-0.2, -0.15) is 0 Å². The van der Waals surface area contributed by atoms with Crippen LogP contribution in [0.25, 0.3) is 0 Å². The van der Waals surface area contributed by atoms with Crippen LogP contribution in [0.5, 0.6) is 0 Å². The Hall–Kier alpha value is -1.08. The molecule has 1 nitrogen and oxygen atoms in total. The van der Waals surface area contributed by atoms with Crippen LogP contribution in [0.2, 0.25) is 0 Å². The molecule has 0 fully saturated rings. The van der Waals surface area contributed by atoms with Crippen molar-refractivity contribution in [3.63, 3.8) is 0 Å². The molecule has 0 saturated carbocycles. The summed E-state index contributed by atoms with van der Waals surface area (Å²) in [4.78, 5) is 0. The van der Waals surface area contributed by atoms with Gasteiger partial charge in [0.2, 0.25) is 0 Å². The van der Waals surface area contributed by atoms with Gasteiger partial charge in [-0.1, -0.05) is 88.1 Å². The fourth-order valence-corrected chi connectivity index (χ4v) is 2.10. The Kier molecular flexibility index (Phi) is 14.1. The van der Waals surface area contributed by atoms with Crippen LogP contribution in [0, 0.1) is 0 Å². The third kappa shape index (κ3) is 15.3. The first kappa shape index (κ1) is 20.9. The highest BCUT2D eigenvalue weighted by molar-refractivity contribution is 5.06. The molecule has 126 valence electrons. The predicted octanol–water partition coefficient (Wildman–Crippen LogP) is 6.51. The van der Waals surface area contributed by atoms with Gasteiger partial charge in [-0.05, 0) is 39.0 Å². The van der Waals surface area contributed by atoms with Crippen molar-refractivity contribution in [2.45, 2.75) is 84.2 Å². The summed E-state index contributed by atoms with van der Waals surface area (Å²) >= 11 is 0. The maximum Gasteiger partial charge on any atom is 0.0654 e. The summed E-state index contributed by atoms with van der Waals surface area (Å²) in [5.74, 6) is 0. The van der Waals surface area contributed by atoms with Crippen LogP contribution in [0.15, 0.2) is 48.6 Å². The van der Waals surface area contributed by atoms with E-state index in [1.807, 2.05) is 13.0 Å². The summed E-state index contributed by atoms with van der Waals surface area (Å²) in [6.07, 6.45) is 26.9. The van der Waals surface area contributed by atoms with E-state index in [1.165, 1.54) is 19.3 Å². The average Bonchev–Trinajstić information content (AvgIpc) is 2.50. The standard InChI is InChI=1S/C21H36O/c1-4-6-8-9-10-11-12-13-14-15-16-17-18-20-21(3,22)19-7-5-2/h9-10,12-13,15-18,22H,4-8,11,14,19-20H2,1-3H3/b10-9-,13-12-,16-15-,18-17+. The molecule has 0 saturated heterocycles. The first-order chi connectivity index (χ1) is 10.6. The maximum atomic E-state index is 10.1. The van der Waals surface area contributed by atoms with Gasteiger partial charge in [-0.3, -0.25) is 0 Å². The van der Waals surface area contributed by atoms with E-state index in [9.17, 15) is 5.11 Å². The molecule has 1 atom stereocenters. The molecule has 1 unspecified atom stereocenters. The molecule has 0 aliphatic rings. The van der Waals surface area contributed by atoms with Crippen molar-refractivity contribution >= 4 is 0 Å². The number of hydrogen-bond acceptors (Lipinski definition) is 1. The summed E-state index contributed by atoms with van der Waals surface area (Å²) in [7, 11) is 0. The Morgan fingerprint density at radius 2 is 1.36 bits per heavy atom. The Morgan fingerprint density at radius 3 is 2.05 bits per heavy atom. The van der Waals surface area contributed by atoms with Crippen LogP contribution >= 0.6 is 0 Å². The Morgan fingerprint density at radius 1 is 0.773 bits per heavy atom. The molecule has 1 N–H and O–H groups in total. The summed E-state index contributed by atoms with van der Waals surface area (Å²) in [6.45, 7) is 6.30. The number of hydrogen-bond donors (Lipinski definition) is 1. The molecule has 0 aromatic rings. The van der Waals surface area contributed by atoms with E-state index in [4.69, 9.17) is 0 Å². The van der Waals surface area contributed by atoms with Crippen molar-refractivity contribution < 1.29 is 5.11 Å². The molecular weight excluding hydrogens is 268 g/mol. The SMILES string of the molecule is CCCC/C=C\C/C=C\C/C=C\C=C\CC(C)(O)CCCC. The van der Waals surface area contributed by atoms with Gasteiger partial charge in [0.1, 0.15) is 0 Å². The number of unbranched alkanes of at least 4 members (excludes halogenated alkanes) is 3. The normalized spacial score (nSPS) is 15.6. The zero-order valence-corrected chi connectivity index (χ0v) is 14.9. The lowest BCUT2D eigenvalue weighted by Crippen LogP contribution is -2.22. The summed E-state index contributed by atoms with van der Waals surface area (Å²) < 4.78 is 0. The van der Waals surface area contributed by atoms with E-state index in [0.717, 1.165) is 38.5 Å². The van der Waals surface area contributed by atoms with Crippen molar-refractivity contribution in [3.8, 4) is 0 Å². The molecule has 0 aromatic heterocycles. The Labute approximate surface area is 138 Å². The maximum absolute atomic E-state index is 10.1. The second kappa shape index (κ2) is 14.8. The van der Waals surface area contributed by atoms with Gasteiger partial charge in [0.05, 0.1) is 5.60 Å². The van der Waals surface area contributed by atoms with E-state index in [1.54, 1.807) is 0 Å². The lowest BCUT2D eigenvalue weighted by Gasteiger charge is -2.20. The first-order valence-corrected chi connectivity index (χ1v) is 8.96. The van der Waals surface area contributed by atoms with Crippen LogP contribution in [0.3, 0.4) is 0 Å². The highest BCUT2D eigenvalue weighted by Gasteiger charge is 2.16. The van der Waals surface area contributed by atoms with Gasteiger partial charge in [0.25, 0.3) is 0 Å². The minimum Gasteiger partial charge on any atom is -0.390 e. The Bertz CT molecular complexity index is 345. The van der Waals surface area contributed by atoms with E-state index in [2.05, 4.69) is 56.4 Å². The highest BCUT2D eigenvalue weighted by atomic mass is 16.3. The predicted molar refractivity (Wildman–Crippen MR) is 100 cm³/mol. The number of allylic oxidation sites excluding steroid dienone is 7. The van der Waals surface area contributed by atoms with Crippen LogP contribution in [0.4, 0.5) is 0 Å². The third-order valence-electron chi connectivity index (χ3n) is 3.61. The fourth-order valence-electron chi connectivity index (χ4n) is 2.10. The molecule has 0 aromatic carbocycles.